The number of methoxy groups -OCH3 is 1. The molecule has 1 aromatic heterocycles. The van der Waals surface area contributed by atoms with E-state index in [1.54, 1.807) is 37.2 Å². The number of benzene rings is 3. The van der Waals surface area contributed by atoms with E-state index in [9.17, 15) is 0 Å². The Bertz CT molecular complexity index is 1230. The number of aromatic nitrogens is 1. The van der Waals surface area contributed by atoms with Gasteiger partial charge in [-0.3, -0.25) is 0 Å². The number of hydrogen-bond acceptors (Lipinski definition) is 5. The molecule has 8 heteroatoms. The topological polar surface area (TPSA) is 40.6 Å². The molecule has 0 aliphatic heterocycles. The summed E-state index contributed by atoms with van der Waals surface area (Å²) in [6, 6.07) is 23.2. The van der Waals surface area contributed by atoms with Crippen LogP contribution in [-0.4, -0.2) is 12.1 Å². The Hall–Kier alpha value is -2.38. The molecule has 0 unspecified atom stereocenters. The fraction of sp³-hybridized carbons (Fsp3) is 0.115. The first-order valence-electron chi connectivity index (χ1n) is 10.3. The summed E-state index contributed by atoms with van der Waals surface area (Å²) >= 11 is 17.7. The average molecular weight is 577 g/mol. The van der Waals surface area contributed by atoms with E-state index >= 15 is 0 Å². The Morgan fingerprint density at radius 2 is 1.62 bits per heavy atom. The molecule has 4 aromatic rings. The fourth-order valence-electron chi connectivity index (χ4n) is 3.03. The maximum Gasteiger partial charge on any atom is 0.220 e. The standard InChI is InChI=1S/C26H20BrCl2NO3S/c1-31-20-9-7-18(8-10-20)16-34-24-13-25(33-26-21(28)11-19(27)12-22(26)29)30-14-23(24)32-15-17-5-3-2-4-6-17/h2-14H,15-16H2,1H3. The SMILES string of the molecule is COc1ccc(CSc2cc(Oc3c(Cl)cc(Br)cc3Cl)ncc2OCc2ccccc2)cc1. The monoisotopic (exact) mass is 575 g/mol. The summed E-state index contributed by atoms with van der Waals surface area (Å²) in [7, 11) is 1.66. The third-order valence-electron chi connectivity index (χ3n) is 4.77. The number of halogens is 3. The largest absolute Gasteiger partial charge is 0.497 e. The summed E-state index contributed by atoms with van der Waals surface area (Å²) in [5, 5.41) is 0.774. The third-order valence-corrected chi connectivity index (χ3v) is 6.89. The van der Waals surface area contributed by atoms with Crippen molar-refractivity contribution in [1.29, 1.82) is 0 Å². The Kier molecular flexibility index (Phi) is 8.62. The van der Waals surface area contributed by atoms with Crippen molar-refractivity contribution in [3.05, 3.63) is 105 Å². The second-order valence-electron chi connectivity index (χ2n) is 7.18. The minimum Gasteiger partial charge on any atom is -0.497 e. The van der Waals surface area contributed by atoms with Crippen LogP contribution in [0.5, 0.6) is 23.1 Å². The smallest absolute Gasteiger partial charge is 0.220 e. The third kappa shape index (κ3) is 6.60. The molecule has 0 radical (unpaired) electrons. The second kappa shape index (κ2) is 11.8. The average Bonchev–Trinajstić information content (AvgIpc) is 2.85. The quantitative estimate of drug-likeness (QED) is 0.186. The molecule has 0 aliphatic carbocycles. The van der Waals surface area contributed by atoms with E-state index in [0.29, 0.717) is 34.0 Å². The van der Waals surface area contributed by atoms with Crippen LogP contribution in [0, 0.1) is 0 Å². The van der Waals surface area contributed by atoms with Crippen LogP contribution < -0.4 is 14.2 Å². The number of nitrogens with zero attached hydrogens (tertiary/aromatic N) is 1. The van der Waals surface area contributed by atoms with Gasteiger partial charge in [0.2, 0.25) is 5.88 Å². The van der Waals surface area contributed by atoms with Gasteiger partial charge in [0.15, 0.2) is 11.5 Å². The summed E-state index contributed by atoms with van der Waals surface area (Å²) in [5.41, 5.74) is 2.22. The predicted molar refractivity (Wildman–Crippen MR) is 142 cm³/mol. The Balaban J connectivity index is 1.57. The summed E-state index contributed by atoms with van der Waals surface area (Å²) < 4.78 is 18.1. The lowest BCUT2D eigenvalue weighted by atomic mass is 10.2. The molecule has 0 N–H and O–H groups in total. The molecule has 0 spiro atoms. The van der Waals surface area contributed by atoms with Crippen molar-refractivity contribution in [1.82, 2.24) is 4.98 Å². The van der Waals surface area contributed by atoms with E-state index in [2.05, 4.69) is 20.9 Å². The maximum absolute atomic E-state index is 6.33. The molecule has 1 heterocycles. The number of ether oxygens (including phenoxy) is 3. The zero-order valence-electron chi connectivity index (χ0n) is 18.1. The van der Waals surface area contributed by atoms with Crippen molar-refractivity contribution < 1.29 is 14.2 Å². The minimum atomic E-state index is 0.350. The van der Waals surface area contributed by atoms with Crippen LogP contribution in [0.3, 0.4) is 0 Å². The molecule has 0 bridgehead atoms. The lowest BCUT2D eigenvalue weighted by molar-refractivity contribution is 0.296. The van der Waals surface area contributed by atoms with E-state index in [0.717, 1.165) is 32.0 Å². The number of thioether (sulfide) groups is 1. The van der Waals surface area contributed by atoms with Gasteiger partial charge in [-0.05, 0) is 35.4 Å². The van der Waals surface area contributed by atoms with Crippen molar-refractivity contribution in [3.8, 4) is 23.1 Å². The normalized spacial score (nSPS) is 10.7. The molecule has 4 nitrogen and oxygen atoms in total. The lowest BCUT2D eigenvalue weighted by Gasteiger charge is -2.14. The zero-order chi connectivity index (χ0) is 23.9. The van der Waals surface area contributed by atoms with Gasteiger partial charge in [-0.25, -0.2) is 4.98 Å². The highest BCUT2D eigenvalue weighted by Crippen LogP contribution is 2.40. The maximum atomic E-state index is 6.33. The van der Waals surface area contributed by atoms with Gasteiger partial charge in [-0.2, -0.15) is 0 Å². The van der Waals surface area contributed by atoms with E-state index in [4.69, 9.17) is 37.4 Å². The summed E-state index contributed by atoms with van der Waals surface area (Å²) in [5.74, 6) is 2.94. The molecule has 174 valence electrons. The van der Waals surface area contributed by atoms with Crippen molar-refractivity contribution in [3.63, 3.8) is 0 Å². The highest BCUT2D eigenvalue weighted by atomic mass is 79.9. The number of hydrogen-bond donors (Lipinski definition) is 0. The highest BCUT2D eigenvalue weighted by molar-refractivity contribution is 9.10. The van der Waals surface area contributed by atoms with Crippen molar-refractivity contribution in [2.45, 2.75) is 17.3 Å². The molecule has 0 saturated heterocycles. The molecular weight excluding hydrogens is 557 g/mol. The number of pyridine rings is 1. The molecule has 0 amide bonds. The van der Waals surface area contributed by atoms with E-state index in [1.807, 2.05) is 60.7 Å². The van der Waals surface area contributed by atoms with Crippen LogP contribution in [0.15, 0.2) is 88.4 Å². The summed E-state index contributed by atoms with van der Waals surface area (Å²) in [6.45, 7) is 0.434. The highest BCUT2D eigenvalue weighted by Gasteiger charge is 2.14. The van der Waals surface area contributed by atoms with Crippen molar-refractivity contribution in [2.75, 3.05) is 7.11 Å². The predicted octanol–water partition coefficient (Wildman–Crippen LogP) is 8.82. The van der Waals surface area contributed by atoms with E-state index in [1.165, 1.54) is 0 Å². The fourth-order valence-corrected chi connectivity index (χ4v) is 5.27. The van der Waals surface area contributed by atoms with Crippen LogP contribution >= 0.6 is 50.9 Å². The van der Waals surface area contributed by atoms with Gasteiger partial charge in [-0.15, -0.1) is 11.8 Å². The lowest BCUT2D eigenvalue weighted by Crippen LogP contribution is -1.98. The molecule has 0 atom stereocenters. The molecule has 34 heavy (non-hydrogen) atoms. The van der Waals surface area contributed by atoms with Gasteiger partial charge >= 0.3 is 0 Å². The van der Waals surface area contributed by atoms with Crippen LogP contribution in [0.4, 0.5) is 0 Å². The van der Waals surface area contributed by atoms with Crippen molar-refractivity contribution >= 4 is 50.9 Å². The summed E-state index contributed by atoms with van der Waals surface area (Å²) in [4.78, 5) is 5.31. The van der Waals surface area contributed by atoms with Crippen LogP contribution in [0.1, 0.15) is 11.1 Å². The Morgan fingerprint density at radius 3 is 2.29 bits per heavy atom. The Labute approximate surface area is 221 Å². The molecule has 0 fully saturated rings. The van der Waals surface area contributed by atoms with E-state index in [-0.39, 0.29) is 0 Å². The van der Waals surface area contributed by atoms with Crippen LogP contribution in [-0.2, 0) is 12.4 Å². The molecule has 3 aromatic carbocycles. The first kappa shape index (κ1) is 24.7. The van der Waals surface area contributed by atoms with Gasteiger partial charge in [-0.1, -0.05) is 81.6 Å². The first-order valence-corrected chi connectivity index (χ1v) is 12.8. The summed E-state index contributed by atoms with van der Waals surface area (Å²) in [6.07, 6.45) is 1.66. The first-order chi connectivity index (χ1) is 16.5. The molecule has 0 aliphatic rings. The zero-order valence-corrected chi connectivity index (χ0v) is 22.0. The van der Waals surface area contributed by atoms with Gasteiger partial charge in [0.25, 0.3) is 0 Å². The van der Waals surface area contributed by atoms with E-state index < -0.39 is 0 Å². The van der Waals surface area contributed by atoms with Crippen LogP contribution in [0.2, 0.25) is 10.0 Å². The van der Waals surface area contributed by atoms with Gasteiger partial charge in [0.05, 0.1) is 28.2 Å². The van der Waals surface area contributed by atoms with Crippen molar-refractivity contribution in [2.24, 2.45) is 0 Å². The van der Waals surface area contributed by atoms with Gasteiger partial charge < -0.3 is 14.2 Å². The molecule has 0 saturated carbocycles. The molecule has 4 rings (SSSR count). The minimum absolute atomic E-state index is 0.350. The second-order valence-corrected chi connectivity index (χ2v) is 9.93. The van der Waals surface area contributed by atoms with Gasteiger partial charge in [0, 0.05) is 16.3 Å². The van der Waals surface area contributed by atoms with Gasteiger partial charge in [0.1, 0.15) is 12.4 Å². The Morgan fingerprint density at radius 1 is 0.912 bits per heavy atom. The number of rotatable bonds is 9. The van der Waals surface area contributed by atoms with Crippen LogP contribution in [0.25, 0.3) is 0 Å². The molecular formula is C26H20BrCl2NO3S.